The van der Waals surface area contributed by atoms with Gasteiger partial charge in [-0.15, -0.1) is 6.58 Å². The highest BCUT2D eigenvalue weighted by molar-refractivity contribution is 7.44. The van der Waals surface area contributed by atoms with Crippen molar-refractivity contribution in [3.63, 3.8) is 0 Å². The van der Waals surface area contributed by atoms with Crippen molar-refractivity contribution in [3.8, 4) is 0 Å². The minimum atomic E-state index is -1.28. The third-order valence-electron chi connectivity index (χ3n) is 1.43. The fourth-order valence-electron chi connectivity index (χ4n) is 0.835. The Bertz CT molecular complexity index is 110. The van der Waals surface area contributed by atoms with Crippen LogP contribution in [0.1, 0.15) is 26.2 Å². The van der Waals surface area contributed by atoms with Gasteiger partial charge in [-0.05, 0) is 12.6 Å². The molecule has 0 aliphatic carbocycles. The zero-order valence-electron chi connectivity index (χ0n) is 6.73. The quantitative estimate of drug-likeness (QED) is 0.331. The molecule has 0 aliphatic heterocycles. The second kappa shape index (κ2) is 7.08. The van der Waals surface area contributed by atoms with Crippen molar-refractivity contribution in [1.29, 1.82) is 0 Å². The normalized spacial score (nSPS) is 12.9. The highest BCUT2D eigenvalue weighted by Gasteiger charge is 1.94. The average Bonchev–Trinajstić information content (AvgIpc) is 1.89. The summed E-state index contributed by atoms with van der Waals surface area (Å²) in [5, 5.41) is 0. The summed E-state index contributed by atoms with van der Waals surface area (Å²) in [6, 6.07) is 0. The van der Waals surface area contributed by atoms with Crippen molar-refractivity contribution in [2.24, 2.45) is 0 Å². The number of hydrogen-bond acceptors (Lipinski definition) is 1. The van der Waals surface area contributed by atoms with Gasteiger partial charge >= 0.3 is 0 Å². The molecule has 0 heterocycles. The maximum absolute atomic E-state index is 11.0. The summed E-state index contributed by atoms with van der Waals surface area (Å²) in [4.78, 5) is 0. The fourth-order valence-corrected chi connectivity index (χ4v) is 2.01. The summed E-state index contributed by atoms with van der Waals surface area (Å²) in [5.74, 6) is 0. The molecule has 0 bridgehead atoms. The first kappa shape index (κ1) is 9.97. The van der Waals surface area contributed by atoms with Crippen molar-refractivity contribution in [2.45, 2.75) is 26.2 Å². The van der Waals surface area contributed by atoms with Crippen molar-refractivity contribution in [3.05, 3.63) is 12.7 Å². The molecule has 0 radical (unpaired) electrons. The van der Waals surface area contributed by atoms with Crippen molar-refractivity contribution in [2.75, 3.05) is 12.3 Å². The van der Waals surface area contributed by atoms with E-state index in [1.54, 1.807) is 6.08 Å². The highest BCUT2D eigenvalue weighted by atomic mass is 31.1. The minimum absolute atomic E-state index is 0.731. The van der Waals surface area contributed by atoms with Gasteiger partial charge in [0.2, 0.25) is 0 Å². The molecule has 0 aromatic heterocycles. The molecule has 0 aromatic rings. The van der Waals surface area contributed by atoms with E-state index in [-0.39, 0.29) is 0 Å². The molecule has 1 nitrogen and oxygen atoms in total. The summed E-state index contributed by atoms with van der Waals surface area (Å²) in [5.41, 5.74) is 0. The molecule has 0 rings (SSSR count). The molecule has 10 heavy (non-hydrogen) atoms. The van der Waals surface area contributed by atoms with Crippen LogP contribution in [-0.2, 0) is 4.57 Å². The topological polar surface area (TPSA) is 17.1 Å². The van der Waals surface area contributed by atoms with Gasteiger partial charge in [0.1, 0.15) is 0 Å². The maximum atomic E-state index is 11.0. The molecule has 0 aromatic carbocycles. The van der Waals surface area contributed by atoms with E-state index < -0.39 is 7.80 Å². The SMILES string of the molecule is C=CC[PH](=O)CCCCC. The van der Waals surface area contributed by atoms with Crippen LogP contribution < -0.4 is 0 Å². The molecule has 1 atom stereocenters. The van der Waals surface area contributed by atoms with E-state index in [2.05, 4.69) is 13.5 Å². The zero-order valence-corrected chi connectivity index (χ0v) is 7.73. The molecule has 60 valence electrons. The van der Waals surface area contributed by atoms with E-state index in [0.29, 0.717) is 0 Å². The van der Waals surface area contributed by atoms with Crippen LogP contribution in [-0.4, -0.2) is 12.3 Å². The Morgan fingerprint density at radius 2 is 2.20 bits per heavy atom. The van der Waals surface area contributed by atoms with Crippen LogP contribution in [0.25, 0.3) is 0 Å². The monoisotopic (exact) mass is 160 g/mol. The van der Waals surface area contributed by atoms with Gasteiger partial charge in [-0.1, -0.05) is 25.8 Å². The maximum Gasteiger partial charge on any atom is 0.0797 e. The lowest BCUT2D eigenvalue weighted by Gasteiger charge is -1.96. The van der Waals surface area contributed by atoms with E-state index in [0.717, 1.165) is 18.7 Å². The predicted molar refractivity (Wildman–Crippen MR) is 48.5 cm³/mol. The van der Waals surface area contributed by atoms with Crippen LogP contribution in [0, 0.1) is 0 Å². The number of hydrogen-bond donors (Lipinski definition) is 0. The lowest BCUT2D eigenvalue weighted by molar-refractivity contribution is 0.586. The first-order valence-corrected chi connectivity index (χ1v) is 5.76. The smallest absolute Gasteiger partial charge is 0.0797 e. The van der Waals surface area contributed by atoms with Gasteiger partial charge in [-0.25, -0.2) is 0 Å². The molecule has 0 aliphatic rings. The third kappa shape index (κ3) is 6.10. The molecule has 0 amide bonds. The third-order valence-corrected chi connectivity index (χ3v) is 3.09. The van der Waals surface area contributed by atoms with Crippen molar-refractivity contribution in [1.82, 2.24) is 0 Å². The lowest BCUT2D eigenvalue weighted by Crippen LogP contribution is -1.80. The van der Waals surface area contributed by atoms with Gasteiger partial charge in [0.15, 0.2) is 0 Å². The predicted octanol–water partition coefficient (Wildman–Crippen LogP) is 2.92. The van der Waals surface area contributed by atoms with Crippen LogP contribution in [0.5, 0.6) is 0 Å². The lowest BCUT2D eigenvalue weighted by atomic mass is 10.3. The van der Waals surface area contributed by atoms with Crippen LogP contribution in [0.4, 0.5) is 0 Å². The van der Waals surface area contributed by atoms with Crippen LogP contribution in [0.2, 0.25) is 0 Å². The summed E-state index contributed by atoms with van der Waals surface area (Å²) < 4.78 is 11.0. The summed E-state index contributed by atoms with van der Waals surface area (Å²) in [7, 11) is -1.28. The van der Waals surface area contributed by atoms with Crippen molar-refractivity contribution < 1.29 is 4.57 Å². The number of rotatable bonds is 6. The Morgan fingerprint density at radius 3 is 2.70 bits per heavy atom. The van der Waals surface area contributed by atoms with Gasteiger partial charge in [-0.2, -0.15) is 0 Å². The fraction of sp³-hybridized carbons (Fsp3) is 0.750. The van der Waals surface area contributed by atoms with Gasteiger partial charge in [0.25, 0.3) is 0 Å². The number of unbranched alkanes of at least 4 members (excludes halogenated alkanes) is 2. The Morgan fingerprint density at radius 1 is 1.50 bits per heavy atom. The molecular formula is C8H17OP. The summed E-state index contributed by atoms with van der Waals surface area (Å²) in [6.07, 6.45) is 6.96. The molecule has 0 saturated heterocycles. The molecule has 0 saturated carbocycles. The van der Waals surface area contributed by atoms with Crippen LogP contribution in [0.15, 0.2) is 12.7 Å². The summed E-state index contributed by atoms with van der Waals surface area (Å²) in [6.45, 7) is 5.71. The van der Waals surface area contributed by atoms with E-state index >= 15 is 0 Å². The molecule has 0 N–H and O–H groups in total. The molecule has 0 spiro atoms. The zero-order chi connectivity index (χ0) is 7.82. The first-order chi connectivity index (χ1) is 4.81. The van der Waals surface area contributed by atoms with Gasteiger partial charge < -0.3 is 4.57 Å². The van der Waals surface area contributed by atoms with Crippen molar-refractivity contribution >= 4 is 7.80 Å². The molecular weight excluding hydrogens is 143 g/mol. The van der Waals surface area contributed by atoms with E-state index in [4.69, 9.17) is 0 Å². The van der Waals surface area contributed by atoms with E-state index in [1.165, 1.54) is 12.8 Å². The second-order valence-corrected chi connectivity index (χ2v) is 4.47. The minimum Gasteiger partial charge on any atom is -0.327 e. The largest absolute Gasteiger partial charge is 0.327 e. The Labute approximate surface area is 64.3 Å². The highest BCUT2D eigenvalue weighted by Crippen LogP contribution is 2.21. The Hall–Kier alpha value is -0.0300. The Balaban J connectivity index is 3.13. The Kier molecular flexibility index (Phi) is 7.06. The average molecular weight is 160 g/mol. The number of allylic oxidation sites excluding steroid dienone is 1. The van der Waals surface area contributed by atoms with Crippen LogP contribution in [0.3, 0.4) is 0 Å². The van der Waals surface area contributed by atoms with E-state index in [1.807, 2.05) is 0 Å². The van der Waals surface area contributed by atoms with Gasteiger partial charge in [0.05, 0.1) is 7.80 Å². The first-order valence-electron chi connectivity index (χ1n) is 3.93. The van der Waals surface area contributed by atoms with E-state index in [9.17, 15) is 4.57 Å². The standard InChI is InChI=1S/C8H17OP/c1-3-5-6-8-10(9)7-4-2/h4,10H,2-3,5-8H2,1H3. The van der Waals surface area contributed by atoms with Gasteiger partial charge in [0, 0.05) is 6.16 Å². The second-order valence-electron chi connectivity index (χ2n) is 2.49. The summed E-state index contributed by atoms with van der Waals surface area (Å²) >= 11 is 0. The molecule has 0 fully saturated rings. The molecule has 1 unspecified atom stereocenters. The molecule has 2 heteroatoms. The van der Waals surface area contributed by atoms with Gasteiger partial charge in [-0.3, -0.25) is 0 Å². The van der Waals surface area contributed by atoms with Crippen LogP contribution >= 0.6 is 7.80 Å².